The lowest BCUT2D eigenvalue weighted by atomic mass is 9.92. The lowest BCUT2D eigenvalue weighted by Crippen LogP contribution is -2.53. The summed E-state index contributed by atoms with van der Waals surface area (Å²) in [5.74, 6) is 1.04. The number of fused-ring (bicyclic) bond motifs is 4. The number of benzene rings is 4. The van der Waals surface area contributed by atoms with E-state index in [1.165, 1.54) is 11.1 Å². The van der Waals surface area contributed by atoms with Gasteiger partial charge in [-0.1, -0.05) is 24.3 Å². The zero-order valence-electron chi connectivity index (χ0n) is 33.9. The van der Waals surface area contributed by atoms with E-state index in [4.69, 9.17) is 9.47 Å². The van der Waals surface area contributed by atoms with Gasteiger partial charge in [-0.25, -0.2) is 0 Å². The highest BCUT2D eigenvalue weighted by Gasteiger charge is 2.36. The third-order valence-corrected chi connectivity index (χ3v) is 12.6. The van der Waals surface area contributed by atoms with Crippen LogP contribution in [0.5, 0.6) is 17.2 Å². The number of piperazine rings is 1. The number of aromatic nitrogens is 2. The van der Waals surface area contributed by atoms with Crippen molar-refractivity contribution in [3.8, 4) is 28.5 Å². The highest BCUT2D eigenvalue weighted by molar-refractivity contribution is 6.13. The van der Waals surface area contributed by atoms with Crippen molar-refractivity contribution in [3.05, 3.63) is 125 Å². The first-order valence-electron chi connectivity index (χ1n) is 20.4. The molecule has 0 bridgehead atoms. The molecule has 0 aliphatic carbocycles. The maximum Gasteiger partial charge on any atom is 0.264 e. The van der Waals surface area contributed by atoms with E-state index in [0.717, 1.165) is 98.5 Å². The number of nitrogens with zero attached hydrogens (tertiary/aromatic N) is 6. The molecule has 10 rings (SSSR count). The molecule has 6 heterocycles. The third kappa shape index (κ3) is 7.49. The molecule has 0 radical (unpaired) electrons. The van der Waals surface area contributed by atoms with E-state index in [0.29, 0.717) is 34.9 Å². The molecule has 4 aliphatic heterocycles. The summed E-state index contributed by atoms with van der Waals surface area (Å²) in [5, 5.41) is 11.2. The zero-order valence-corrected chi connectivity index (χ0v) is 35.5. The molecule has 6 aromatic rings. The molecule has 0 spiro atoms. The maximum absolute atomic E-state index is 15.3. The van der Waals surface area contributed by atoms with E-state index < -0.39 is 0 Å². The lowest BCUT2D eigenvalue weighted by molar-refractivity contribution is 0.0536. The highest BCUT2D eigenvalue weighted by atomic mass is 35.5. The van der Waals surface area contributed by atoms with Crippen LogP contribution in [0.1, 0.15) is 50.4 Å². The molecular weight excluding hydrogens is 799 g/mol. The quantitative estimate of drug-likeness (QED) is 0.174. The Hall–Kier alpha value is -5.46. The van der Waals surface area contributed by atoms with E-state index in [1.54, 1.807) is 29.2 Å². The minimum absolute atomic E-state index is 0. The molecule has 0 unspecified atom stereocenters. The monoisotopic (exact) mass is 848 g/mol. The standard InChI is InChI=1S/C47H48N6O5.2ClH/c1-48-19-21-50(22-20-48)29-36-23-31-7-3-4-8-33(31)28-52(36)46(55)39-27-45-44(57-30-58-45)26-38(39)43-25-40(42-9-5-6-17-51(42)43)47(56)53(34-10-13-37(54)14-11-34)35-12-15-41-32(24-35)16-18-49(41)2;;/h3-4,7-8,10-16,18,24-27,36,54H,5-6,9,17,19-23,28-30H2,1-2H3;2*1H/t36-;;/m0../s1. The molecule has 11 nitrogen and oxygen atoms in total. The number of phenols is 1. The Balaban J connectivity index is 0.00000249. The number of rotatable bonds is 7. The number of phenolic OH excluding ortho intramolecular Hbond substituents is 1. The molecule has 1 saturated heterocycles. The number of ether oxygens (including phenoxy) is 2. The summed E-state index contributed by atoms with van der Waals surface area (Å²) >= 11 is 0. The summed E-state index contributed by atoms with van der Waals surface area (Å²) in [4.78, 5) is 39.2. The van der Waals surface area contributed by atoms with E-state index in [-0.39, 0.29) is 55.2 Å². The van der Waals surface area contributed by atoms with Gasteiger partial charge in [-0.15, -0.1) is 24.8 Å². The smallest absolute Gasteiger partial charge is 0.264 e. The van der Waals surface area contributed by atoms with Crippen LogP contribution in [-0.2, 0) is 33.0 Å². The minimum Gasteiger partial charge on any atom is -0.508 e. The number of hydrogen-bond acceptors (Lipinski definition) is 7. The van der Waals surface area contributed by atoms with Gasteiger partial charge in [0, 0.05) is 104 Å². The van der Waals surface area contributed by atoms with Crippen molar-refractivity contribution in [2.45, 2.75) is 44.8 Å². The van der Waals surface area contributed by atoms with Crippen LogP contribution < -0.4 is 14.4 Å². The van der Waals surface area contributed by atoms with Gasteiger partial charge in [0.25, 0.3) is 11.8 Å². The molecule has 2 aromatic heterocycles. The van der Waals surface area contributed by atoms with Crippen LogP contribution in [0, 0.1) is 0 Å². The fourth-order valence-electron chi connectivity index (χ4n) is 9.40. The van der Waals surface area contributed by atoms with Crippen molar-refractivity contribution in [1.29, 1.82) is 0 Å². The first-order chi connectivity index (χ1) is 28.3. The summed E-state index contributed by atoms with van der Waals surface area (Å²) in [7, 11) is 4.17. The average molecular weight is 850 g/mol. The predicted molar refractivity (Wildman–Crippen MR) is 239 cm³/mol. The van der Waals surface area contributed by atoms with E-state index in [1.807, 2.05) is 55.7 Å². The van der Waals surface area contributed by atoms with Crippen LogP contribution in [0.15, 0.2) is 97.2 Å². The normalized spacial score (nSPS) is 17.4. The first-order valence-corrected chi connectivity index (χ1v) is 20.4. The van der Waals surface area contributed by atoms with Gasteiger partial charge in [0.05, 0.1) is 11.1 Å². The Labute approximate surface area is 362 Å². The van der Waals surface area contributed by atoms with Crippen LogP contribution in [0.4, 0.5) is 11.4 Å². The SMILES string of the molecule is CN1CCN(C[C@@H]2Cc3ccccc3CN2C(=O)c2cc3c(cc2-c2cc(C(=O)N(c4ccc(O)cc4)c4ccc5c(ccn5C)c4)c4n2CCCC4)OCO3)CC1.Cl.Cl. The highest BCUT2D eigenvalue weighted by Crippen LogP contribution is 2.43. The number of carbonyl (C=O) groups is 2. The largest absolute Gasteiger partial charge is 0.508 e. The van der Waals surface area contributed by atoms with Gasteiger partial charge in [-0.2, -0.15) is 0 Å². The Bertz CT molecular complexity index is 2560. The molecule has 2 amide bonds. The second-order valence-corrected chi connectivity index (χ2v) is 16.2. The number of halogens is 2. The van der Waals surface area contributed by atoms with Crippen molar-refractivity contribution in [1.82, 2.24) is 23.8 Å². The summed E-state index contributed by atoms with van der Waals surface area (Å²) in [5.41, 5.74) is 8.53. The zero-order chi connectivity index (χ0) is 39.5. The number of anilines is 2. The fourth-order valence-corrected chi connectivity index (χ4v) is 9.40. The first kappa shape index (κ1) is 41.3. The summed E-state index contributed by atoms with van der Waals surface area (Å²) < 4.78 is 16.2. The van der Waals surface area contributed by atoms with Crippen LogP contribution in [-0.4, -0.2) is 93.4 Å². The van der Waals surface area contributed by atoms with Crippen molar-refractivity contribution in [3.63, 3.8) is 0 Å². The molecule has 13 heteroatoms. The molecule has 4 aromatic carbocycles. The molecular formula is C47H50Cl2N6O5. The predicted octanol–water partition coefficient (Wildman–Crippen LogP) is 8.05. The van der Waals surface area contributed by atoms with Crippen LogP contribution in [0.2, 0.25) is 0 Å². The molecule has 1 fully saturated rings. The Kier molecular flexibility index (Phi) is 11.6. The van der Waals surface area contributed by atoms with Gasteiger partial charge in [0.2, 0.25) is 6.79 Å². The number of hydrogen-bond donors (Lipinski definition) is 1. The maximum atomic E-state index is 15.3. The second-order valence-electron chi connectivity index (χ2n) is 16.2. The molecule has 1 N–H and O–H groups in total. The van der Waals surface area contributed by atoms with Gasteiger partial charge in [-0.3, -0.25) is 19.4 Å². The number of amides is 2. The second kappa shape index (κ2) is 16.9. The molecule has 4 aliphatic rings. The molecule has 60 heavy (non-hydrogen) atoms. The molecule has 312 valence electrons. The van der Waals surface area contributed by atoms with E-state index in [2.05, 4.69) is 55.1 Å². The van der Waals surface area contributed by atoms with Crippen LogP contribution in [0.3, 0.4) is 0 Å². The van der Waals surface area contributed by atoms with E-state index in [9.17, 15) is 5.11 Å². The van der Waals surface area contributed by atoms with Gasteiger partial charge >= 0.3 is 0 Å². The lowest BCUT2D eigenvalue weighted by Gasteiger charge is -2.41. The van der Waals surface area contributed by atoms with Crippen molar-refractivity contribution in [2.75, 3.05) is 51.5 Å². The van der Waals surface area contributed by atoms with Gasteiger partial charge in [0.15, 0.2) is 11.5 Å². The number of carbonyl (C=O) groups excluding carboxylic acids is 2. The number of aryl methyl sites for hydroxylation is 1. The average Bonchev–Trinajstić information content (AvgIpc) is 3.98. The van der Waals surface area contributed by atoms with Crippen LogP contribution in [0.25, 0.3) is 22.2 Å². The molecule has 1 atom stereocenters. The third-order valence-electron chi connectivity index (χ3n) is 12.6. The number of aromatic hydroxyl groups is 1. The van der Waals surface area contributed by atoms with Crippen molar-refractivity contribution in [2.24, 2.45) is 7.05 Å². The van der Waals surface area contributed by atoms with Gasteiger partial charge in [-0.05, 0) is 111 Å². The number of likely N-dealkylation sites (N-methyl/N-ethyl adjacent to an activating group) is 1. The van der Waals surface area contributed by atoms with Gasteiger partial charge in [0.1, 0.15) is 5.75 Å². The van der Waals surface area contributed by atoms with Crippen LogP contribution >= 0.6 is 24.8 Å². The summed E-state index contributed by atoms with van der Waals surface area (Å²) in [6, 6.07) is 29.1. The Morgan fingerprint density at radius 1 is 0.783 bits per heavy atom. The topological polar surface area (TPSA) is 95.7 Å². The Morgan fingerprint density at radius 3 is 2.30 bits per heavy atom. The van der Waals surface area contributed by atoms with E-state index >= 15 is 9.59 Å². The fraction of sp³-hybridized carbons (Fsp3) is 0.319. The molecule has 0 saturated carbocycles. The summed E-state index contributed by atoms with van der Waals surface area (Å²) in [6.45, 7) is 6.08. The van der Waals surface area contributed by atoms with Gasteiger partial charge < -0.3 is 33.5 Å². The Morgan fingerprint density at radius 2 is 1.52 bits per heavy atom. The minimum atomic E-state index is -0.175. The van der Waals surface area contributed by atoms with Crippen molar-refractivity contribution < 1.29 is 24.2 Å². The summed E-state index contributed by atoms with van der Waals surface area (Å²) in [6.07, 6.45) is 5.44. The van der Waals surface area contributed by atoms with Crippen molar-refractivity contribution >= 4 is 58.9 Å².